The second kappa shape index (κ2) is 6.57. The van der Waals surface area contributed by atoms with E-state index in [0.29, 0.717) is 6.42 Å². The standard InChI is InChI=1S/C15H23N3O/c1-13(16)7-8-15(19)18-11-9-17(10-12-18)14-5-3-2-4-6-14/h2-6,13H,7-12,16H2,1H3. The van der Waals surface area contributed by atoms with E-state index in [4.69, 9.17) is 5.73 Å². The number of anilines is 1. The van der Waals surface area contributed by atoms with Crippen LogP contribution in [-0.4, -0.2) is 43.0 Å². The minimum absolute atomic E-state index is 0.106. The lowest BCUT2D eigenvalue weighted by molar-refractivity contribution is -0.131. The van der Waals surface area contributed by atoms with Gasteiger partial charge in [0.25, 0.3) is 0 Å². The van der Waals surface area contributed by atoms with Gasteiger partial charge in [0.1, 0.15) is 0 Å². The Morgan fingerprint density at radius 1 is 1.21 bits per heavy atom. The molecule has 1 saturated heterocycles. The molecule has 0 radical (unpaired) electrons. The van der Waals surface area contributed by atoms with E-state index in [1.807, 2.05) is 17.9 Å². The van der Waals surface area contributed by atoms with Gasteiger partial charge in [-0.15, -0.1) is 0 Å². The van der Waals surface area contributed by atoms with Crippen LogP contribution < -0.4 is 10.6 Å². The van der Waals surface area contributed by atoms with Crippen molar-refractivity contribution in [3.8, 4) is 0 Å². The van der Waals surface area contributed by atoms with Crippen LogP contribution in [0.4, 0.5) is 5.69 Å². The van der Waals surface area contributed by atoms with E-state index in [9.17, 15) is 4.79 Å². The number of amides is 1. The highest BCUT2D eigenvalue weighted by molar-refractivity contribution is 5.76. The lowest BCUT2D eigenvalue weighted by atomic mass is 10.1. The zero-order chi connectivity index (χ0) is 13.7. The van der Waals surface area contributed by atoms with Gasteiger partial charge in [0, 0.05) is 44.3 Å². The first-order chi connectivity index (χ1) is 9.16. The van der Waals surface area contributed by atoms with Crippen LogP contribution in [0.15, 0.2) is 30.3 Å². The van der Waals surface area contributed by atoms with Crippen molar-refractivity contribution in [2.45, 2.75) is 25.8 Å². The van der Waals surface area contributed by atoms with Crippen molar-refractivity contribution in [1.82, 2.24) is 4.90 Å². The summed E-state index contributed by atoms with van der Waals surface area (Å²) in [6.07, 6.45) is 1.35. The van der Waals surface area contributed by atoms with E-state index < -0.39 is 0 Å². The number of para-hydroxylation sites is 1. The fraction of sp³-hybridized carbons (Fsp3) is 0.533. The van der Waals surface area contributed by atoms with Crippen molar-refractivity contribution < 1.29 is 4.79 Å². The second-order valence-corrected chi connectivity index (χ2v) is 5.22. The van der Waals surface area contributed by atoms with Crippen LogP contribution in [0, 0.1) is 0 Å². The van der Waals surface area contributed by atoms with Gasteiger partial charge in [0.05, 0.1) is 0 Å². The Balaban J connectivity index is 1.81. The fourth-order valence-electron chi connectivity index (χ4n) is 2.36. The fourth-order valence-corrected chi connectivity index (χ4v) is 2.36. The average molecular weight is 261 g/mol. The number of benzene rings is 1. The molecule has 4 heteroatoms. The molecule has 0 aromatic heterocycles. The van der Waals surface area contributed by atoms with Crippen LogP contribution in [0.1, 0.15) is 19.8 Å². The van der Waals surface area contributed by atoms with Gasteiger partial charge in [0.2, 0.25) is 5.91 Å². The molecule has 2 rings (SSSR count). The number of hydrogen-bond acceptors (Lipinski definition) is 3. The smallest absolute Gasteiger partial charge is 0.222 e. The molecule has 1 fully saturated rings. The average Bonchev–Trinajstić information content (AvgIpc) is 2.46. The monoisotopic (exact) mass is 261 g/mol. The summed E-state index contributed by atoms with van der Waals surface area (Å²) in [5, 5.41) is 0. The predicted molar refractivity (Wildman–Crippen MR) is 78.1 cm³/mol. The Hall–Kier alpha value is -1.55. The quantitative estimate of drug-likeness (QED) is 0.892. The molecule has 2 N–H and O–H groups in total. The van der Waals surface area contributed by atoms with E-state index in [-0.39, 0.29) is 11.9 Å². The lowest BCUT2D eigenvalue weighted by Gasteiger charge is -2.36. The van der Waals surface area contributed by atoms with Crippen molar-refractivity contribution in [1.29, 1.82) is 0 Å². The van der Waals surface area contributed by atoms with Gasteiger partial charge in [-0.25, -0.2) is 0 Å². The summed E-state index contributed by atoms with van der Waals surface area (Å²) in [6.45, 7) is 5.39. The van der Waals surface area contributed by atoms with Crippen molar-refractivity contribution in [2.75, 3.05) is 31.1 Å². The number of nitrogens with two attached hydrogens (primary N) is 1. The predicted octanol–water partition coefficient (Wildman–Crippen LogP) is 1.46. The largest absolute Gasteiger partial charge is 0.368 e. The summed E-state index contributed by atoms with van der Waals surface area (Å²) in [7, 11) is 0. The minimum atomic E-state index is 0.106. The maximum Gasteiger partial charge on any atom is 0.222 e. The molecule has 1 unspecified atom stereocenters. The van der Waals surface area contributed by atoms with Crippen LogP contribution in [0.3, 0.4) is 0 Å². The molecule has 0 aliphatic carbocycles. The first kappa shape index (κ1) is 13.9. The lowest BCUT2D eigenvalue weighted by Crippen LogP contribution is -2.48. The van der Waals surface area contributed by atoms with Gasteiger partial charge in [-0.1, -0.05) is 18.2 Å². The minimum Gasteiger partial charge on any atom is -0.368 e. The Morgan fingerprint density at radius 3 is 2.42 bits per heavy atom. The second-order valence-electron chi connectivity index (χ2n) is 5.22. The normalized spacial score (nSPS) is 17.4. The van der Waals surface area contributed by atoms with Crippen molar-refractivity contribution in [2.24, 2.45) is 5.73 Å². The number of piperazine rings is 1. The third kappa shape index (κ3) is 3.96. The van der Waals surface area contributed by atoms with Gasteiger partial charge < -0.3 is 15.5 Å². The van der Waals surface area contributed by atoms with Crippen LogP contribution in [0.5, 0.6) is 0 Å². The first-order valence-electron chi connectivity index (χ1n) is 7.00. The number of nitrogens with zero attached hydrogens (tertiary/aromatic N) is 2. The molecule has 1 amide bonds. The molecular weight excluding hydrogens is 238 g/mol. The van der Waals surface area contributed by atoms with Crippen molar-refractivity contribution in [3.05, 3.63) is 30.3 Å². The molecule has 1 aliphatic heterocycles. The zero-order valence-corrected chi connectivity index (χ0v) is 11.6. The van der Waals surface area contributed by atoms with Crippen LogP contribution in [0.25, 0.3) is 0 Å². The summed E-state index contributed by atoms with van der Waals surface area (Å²) in [5.41, 5.74) is 6.93. The van der Waals surface area contributed by atoms with Crippen molar-refractivity contribution in [3.63, 3.8) is 0 Å². The highest BCUT2D eigenvalue weighted by Crippen LogP contribution is 2.16. The maximum absolute atomic E-state index is 12.0. The van der Waals surface area contributed by atoms with E-state index in [1.165, 1.54) is 5.69 Å². The molecule has 0 bridgehead atoms. The first-order valence-corrected chi connectivity index (χ1v) is 7.00. The van der Waals surface area contributed by atoms with Crippen LogP contribution in [0.2, 0.25) is 0 Å². The molecule has 104 valence electrons. The third-order valence-corrected chi connectivity index (χ3v) is 3.57. The third-order valence-electron chi connectivity index (χ3n) is 3.57. The summed E-state index contributed by atoms with van der Waals surface area (Å²) in [5.74, 6) is 0.241. The molecule has 1 aliphatic rings. The molecule has 1 atom stereocenters. The molecule has 0 saturated carbocycles. The Kier molecular flexibility index (Phi) is 4.80. The zero-order valence-electron chi connectivity index (χ0n) is 11.6. The molecule has 1 heterocycles. The number of rotatable bonds is 4. The Bertz CT molecular complexity index is 397. The molecule has 0 spiro atoms. The van der Waals surface area contributed by atoms with Gasteiger partial charge in [0.15, 0.2) is 0 Å². The SMILES string of the molecule is CC(N)CCC(=O)N1CCN(c2ccccc2)CC1. The molecule has 1 aromatic rings. The summed E-state index contributed by atoms with van der Waals surface area (Å²) in [4.78, 5) is 16.3. The number of carbonyl (C=O) groups is 1. The van der Waals surface area contributed by atoms with Crippen LogP contribution in [-0.2, 0) is 4.79 Å². The van der Waals surface area contributed by atoms with E-state index >= 15 is 0 Å². The van der Waals surface area contributed by atoms with Gasteiger partial charge >= 0.3 is 0 Å². The summed E-state index contributed by atoms with van der Waals surface area (Å²) in [6, 6.07) is 10.5. The molecule has 1 aromatic carbocycles. The number of hydrogen-bond donors (Lipinski definition) is 1. The van der Waals surface area contributed by atoms with Crippen LogP contribution >= 0.6 is 0 Å². The van der Waals surface area contributed by atoms with E-state index in [2.05, 4.69) is 29.2 Å². The topological polar surface area (TPSA) is 49.6 Å². The van der Waals surface area contributed by atoms with Gasteiger partial charge in [-0.2, -0.15) is 0 Å². The van der Waals surface area contributed by atoms with Crippen molar-refractivity contribution >= 4 is 11.6 Å². The highest BCUT2D eigenvalue weighted by Gasteiger charge is 2.20. The number of carbonyl (C=O) groups excluding carboxylic acids is 1. The molecule has 4 nitrogen and oxygen atoms in total. The summed E-state index contributed by atoms with van der Waals surface area (Å²) < 4.78 is 0. The molecular formula is C15H23N3O. The summed E-state index contributed by atoms with van der Waals surface area (Å²) >= 11 is 0. The highest BCUT2D eigenvalue weighted by atomic mass is 16.2. The Labute approximate surface area is 115 Å². The van der Waals surface area contributed by atoms with E-state index in [0.717, 1.165) is 32.6 Å². The van der Waals surface area contributed by atoms with E-state index in [1.54, 1.807) is 0 Å². The van der Waals surface area contributed by atoms with Gasteiger partial charge in [-0.3, -0.25) is 4.79 Å². The van der Waals surface area contributed by atoms with Gasteiger partial charge in [-0.05, 0) is 25.5 Å². The Morgan fingerprint density at radius 2 is 1.84 bits per heavy atom. The maximum atomic E-state index is 12.0. The molecule has 19 heavy (non-hydrogen) atoms.